The number of carbonyl (C=O) groups is 2. The van der Waals surface area contributed by atoms with Crippen LogP contribution in [-0.2, 0) is 24.2 Å². The van der Waals surface area contributed by atoms with Gasteiger partial charge in [-0.1, -0.05) is 41.4 Å². The summed E-state index contributed by atoms with van der Waals surface area (Å²) < 4.78 is 25.3. The second-order valence-electron chi connectivity index (χ2n) is 8.99. The van der Waals surface area contributed by atoms with Crippen LogP contribution in [0.25, 0.3) is 0 Å². The van der Waals surface area contributed by atoms with Crippen molar-refractivity contribution in [2.24, 2.45) is 0 Å². The highest BCUT2D eigenvalue weighted by Gasteiger charge is 2.38. The standard InChI is InChI=1S/C27H24Cl2FNO5/c1-27(12-16-3-6-20(28)7-4-16)13-19-9-18(10-23(35-2)25(19)36-27)26(34)31(15-24(32)33)14-17-5-8-21(30)11-22(17)29/h3-11H,12-15H2,1-2H3,(H,32,33). The Kier molecular flexibility index (Phi) is 7.43. The normalized spacial score (nSPS) is 16.2. The van der Waals surface area contributed by atoms with E-state index in [9.17, 15) is 19.1 Å². The van der Waals surface area contributed by atoms with E-state index in [4.69, 9.17) is 32.7 Å². The highest BCUT2D eigenvalue weighted by atomic mass is 35.5. The second-order valence-corrected chi connectivity index (χ2v) is 9.83. The summed E-state index contributed by atoms with van der Waals surface area (Å²) in [4.78, 5) is 26.1. The van der Waals surface area contributed by atoms with Crippen molar-refractivity contribution in [3.8, 4) is 11.5 Å². The van der Waals surface area contributed by atoms with Crippen molar-refractivity contribution < 1.29 is 28.6 Å². The number of aliphatic carboxylic acids is 1. The largest absolute Gasteiger partial charge is 0.493 e. The summed E-state index contributed by atoms with van der Waals surface area (Å²) in [5.74, 6) is -1.30. The summed E-state index contributed by atoms with van der Waals surface area (Å²) in [6.07, 6.45) is 1.13. The summed E-state index contributed by atoms with van der Waals surface area (Å²) in [5, 5.41) is 10.2. The molecule has 1 heterocycles. The molecule has 1 aliphatic rings. The van der Waals surface area contributed by atoms with Gasteiger partial charge in [0.05, 0.1) is 7.11 Å². The first-order chi connectivity index (χ1) is 17.1. The summed E-state index contributed by atoms with van der Waals surface area (Å²) >= 11 is 12.1. The van der Waals surface area contributed by atoms with Gasteiger partial charge in [0.25, 0.3) is 5.91 Å². The maximum atomic E-state index is 13.5. The number of hydrogen-bond acceptors (Lipinski definition) is 4. The zero-order valence-corrected chi connectivity index (χ0v) is 21.2. The van der Waals surface area contributed by atoms with Crippen LogP contribution >= 0.6 is 23.2 Å². The van der Waals surface area contributed by atoms with Gasteiger partial charge in [-0.2, -0.15) is 0 Å². The molecule has 0 fully saturated rings. The molecule has 1 aliphatic heterocycles. The molecule has 3 aromatic rings. The molecule has 36 heavy (non-hydrogen) atoms. The van der Waals surface area contributed by atoms with E-state index in [-0.39, 0.29) is 17.1 Å². The number of nitrogens with zero attached hydrogens (tertiary/aromatic N) is 1. The fourth-order valence-corrected chi connectivity index (χ4v) is 4.75. The number of benzene rings is 3. The molecule has 0 saturated heterocycles. The molecule has 0 bridgehead atoms. The zero-order valence-electron chi connectivity index (χ0n) is 19.7. The number of carboxylic acids is 1. The Morgan fingerprint density at radius 1 is 1.14 bits per heavy atom. The first-order valence-electron chi connectivity index (χ1n) is 11.2. The van der Waals surface area contributed by atoms with Crippen molar-refractivity contribution in [3.05, 3.63) is 92.7 Å². The maximum Gasteiger partial charge on any atom is 0.323 e. The van der Waals surface area contributed by atoms with Crippen molar-refractivity contribution in [2.45, 2.75) is 31.9 Å². The van der Waals surface area contributed by atoms with Crippen LogP contribution in [0.4, 0.5) is 4.39 Å². The smallest absolute Gasteiger partial charge is 0.323 e. The number of hydrogen-bond donors (Lipinski definition) is 1. The van der Waals surface area contributed by atoms with Crippen molar-refractivity contribution in [3.63, 3.8) is 0 Å². The first kappa shape index (κ1) is 25.8. The SMILES string of the molecule is COc1cc(C(=O)N(CC(=O)O)Cc2ccc(F)cc2Cl)cc2c1OC(C)(Cc1ccc(Cl)cc1)C2. The van der Waals surface area contributed by atoms with E-state index < -0.39 is 29.8 Å². The molecule has 1 amide bonds. The van der Waals surface area contributed by atoms with Crippen molar-refractivity contribution in [2.75, 3.05) is 13.7 Å². The van der Waals surface area contributed by atoms with Gasteiger partial charge in [0.2, 0.25) is 0 Å². The Morgan fingerprint density at radius 2 is 1.86 bits per heavy atom. The number of amides is 1. The topological polar surface area (TPSA) is 76.1 Å². The van der Waals surface area contributed by atoms with Crippen LogP contribution < -0.4 is 9.47 Å². The molecular formula is C27H24Cl2FNO5. The lowest BCUT2D eigenvalue weighted by atomic mass is 9.91. The van der Waals surface area contributed by atoms with E-state index in [2.05, 4.69) is 0 Å². The molecule has 0 saturated carbocycles. The van der Waals surface area contributed by atoms with Crippen LogP contribution in [0.3, 0.4) is 0 Å². The molecule has 0 spiro atoms. The molecule has 188 valence electrons. The lowest BCUT2D eigenvalue weighted by Gasteiger charge is -2.24. The van der Waals surface area contributed by atoms with E-state index in [0.29, 0.717) is 34.9 Å². The molecule has 9 heteroatoms. The van der Waals surface area contributed by atoms with Crippen molar-refractivity contribution in [1.29, 1.82) is 0 Å². The van der Waals surface area contributed by atoms with Crippen LogP contribution in [0, 0.1) is 5.82 Å². The molecule has 0 radical (unpaired) electrons. The van der Waals surface area contributed by atoms with Gasteiger partial charge in [-0.25, -0.2) is 4.39 Å². The fraction of sp³-hybridized carbons (Fsp3) is 0.259. The Labute approximate surface area is 218 Å². The molecular weight excluding hydrogens is 508 g/mol. The van der Waals surface area contributed by atoms with Gasteiger partial charge in [0.1, 0.15) is 18.0 Å². The Balaban J connectivity index is 1.62. The summed E-state index contributed by atoms with van der Waals surface area (Å²) in [5.41, 5.74) is 1.94. The summed E-state index contributed by atoms with van der Waals surface area (Å²) in [7, 11) is 1.48. The minimum atomic E-state index is -1.19. The van der Waals surface area contributed by atoms with Crippen LogP contribution in [0.2, 0.25) is 10.0 Å². The number of ether oxygens (including phenoxy) is 2. The molecule has 1 N–H and O–H groups in total. The number of rotatable bonds is 8. The number of carbonyl (C=O) groups excluding carboxylic acids is 1. The number of halogens is 3. The molecule has 0 aromatic heterocycles. The van der Waals surface area contributed by atoms with Gasteiger partial charge in [-0.05, 0) is 54.4 Å². The Morgan fingerprint density at radius 3 is 2.50 bits per heavy atom. The van der Waals surface area contributed by atoms with Gasteiger partial charge in [-0.15, -0.1) is 0 Å². The predicted molar refractivity (Wildman–Crippen MR) is 135 cm³/mol. The average molecular weight is 532 g/mol. The lowest BCUT2D eigenvalue weighted by molar-refractivity contribution is -0.137. The van der Waals surface area contributed by atoms with Gasteiger partial charge in [0.15, 0.2) is 11.5 Å². The van der Waals surface area contributed by atoms with Gasteiger partial charge < -0.3 is 19.5 Å². The number of fused-ring (bicyclic) bond motifs is 1. The van der Waals surface area contributed by atoms with E-state index >= 15 is 0 Å². The Bertz CT molecular complexity index is 1310. The number of carboxylic acid groups (broad SMARTS) is 1. The van der Waals surface area contributed by atoms with Crippen LogP contribution in [0.15, 0.2) is 54.6 Å². The fourth-order valence-electron chi connectivity index (χ4n) is 4.40. The lowest BCUT2D eigenvalue weighted by Crippen LogP contribution is -2.35. The first-order valence-corrected chi connectivity index (χ1v) is 11.9. The predicted octanol–water partition coefficient (Wildman–Crippen LogP) is 5.80. The highest BCUT2D eigenvalue weighted by Crippen LogP contribution is 2.44. The highest BCUT2D eigenvalue weighted by molar-refractivity contribution is 6.31. The third-order valence-electron chi connectivity index (χ3n) is 5.99. The third kappa shape index (κ3) is 5.74. The molecule has 4 rings (SSSR count). The van der Waals surface area contributed by atoms with Crippen molar-refractivity contribution in [1.82, 2.24) is 4.90 Å². The molecule has 1 atom stereocenters. The van der Waals surface area contributed by atoms with E-state index in [1.54, 1.807) is 6.07 Å². The quantitative estimate of drug-likeness (QED) is 0.397. The average Bonchev–Trinajstić information content (AvgIpc) is 3.16. The van der Waals surface area contributed by atoms with Gasteiger partial charge in [-0.3, -0.25) is 9.59 Å². The molecule has 1 unspecified atom stereocenters. The third-order valence-corrected chi connectivity index (χ3v) is 6.60. The van der Waals surface area contributed by atoms with Crippen LogP contribution in [0.1, 0.15) is 34.0 Å². The molecule has 0 aliphatic carbocycles. The molecule has 3 aromatic carbocycles. The second kappa shape index (κ2) is 10.4. The maximum absolute atomic E-state index is 13.5. The van der Waals surface area contributed by atoms with Crippen LogP contribution in [-0.4, -0.2) is 41.1 Å². The van der Waals surface area contributed by atoms with Crippen molar-refractivity contribution >= 4 is 35.1 Å². The van der Waals surface area contributed by atoms with Crippen LogP contribution in [0.5, 0.6) is 11.5 Å². The van der Waals surface area contributed by atoms with E-state index in [1.165, 1.54) is 25.3 Å². The molecule has 6 nitrogen and oxygen atoms in total. The number of methoxy groups -OCH3 is 1. The van der Waals surface area contributed by atoms with Gasteiger partial charge >= 0.3 is 5.97 Å². The monoisotopic (exact) mass is 531 g/mol. The summed E-state index contributed by atoms with van der Waals surface area (Å²) in [6, 6.07) is 14.5. The van der Waals surface area contributed by atoms with E-state index in [0.717, 1.165) is 22.1 Å². The van der Waals surface area contributed by atoms with E-state index in [1.807, 2.05) is 31.2 Å². The summed E-state index contributed by atoms with van der Waals surface area (Å²) in [6.45, 7) is 1.32. The Hall–Kier alpha value is -3.29. The van der Waals surface area contributed by atoms with Gasteiger partial charge in [0, 0.05) is 40.6 Å². The minimum absolute atomic E-state index is 0.103. The minimum Gasteiger partial charge on any atom is -0.493 e. The zero-order chi connectivity index (χ0) is 26.0.